The molecule has 0 atom stereocenters. The summed E-state index contributed by atoms with van der Waals surface area (Å²) in [6, 6.07) is 6.11. The van der Waals surface area contributed by atoms with Gasteiger partial charge in [0.1, 0.15) is 27.2 Å². The molecule has 0 radical (unpaired) electrons. The normalized spacial score (nSPS) is 11.2. The summed E-state index contributed by atoms with van der Waals surface area (Å²) in [6.45, 7) is 0.225. The third-order valence-electron chi connectivity index (χ3n) is 3.98. The van der Waals surface area contributed by atoms with Crippen LogP contribution in [-0.4, -0.2) is 32.5 Å². The molecule has 0 aliphatic carbocycles. The van der Waals surface area contributed by atoms with Crippen molar-refractivity contribution in [3.8, 4) is 0 Å². The average Bonchev–Trinajstić information content (AvgIpc) is 3.22. The maximum atomic E-state index is 13.2. The van der Waals surface area contributed by atoms with Crippen LogP contribution in [0, 0.1) is 5.82 Å². The van der Waals surface area contributed by atoms with Crippen molar-refractivity contribution in [2.45, 2.75) is 6.54 Å². The predicted octanol–water partition coefficient (Wildman–Crippen LogP) is 2.69. The van der Waals surface area contributed by atoms with Crippen molar-refractivity contribution in [2.75, 3.05) is 12.4 Å². The Kier molecular flexibility index (Phi) is 4.00. The number of benzene rings is 1. The van der Waals surface area contributed by atoms with Gasteiger partial charge in [0.25, 0.3) is 5.91 Å². The summed E-state index contributed by atoms with van der Waals surface area (Å²) in [5.74, 6) is -0.0128. The molecule has 1 aromatic carbocycles. The van der Waals surface area contributed by atoms with Crippen molar-refractivity contribution in [3.63, 3.8) is 0 Å². The molecular weight excluding hydrogens is 355 g/mol. The van der Waals surface area contributed by atoms with Crippen LogP contribution >= 0.6 is 11.3 Å². The first-order valence-electron chi connectivity index (χ1n) is 7.89. The van der Waals surface area contributed by atoms with Crippen LogP contribution in [0.2, 0.25) is 0 Å². The van der Waals surface area contributed by atoms with Crippen LogP contribution < -0.4 is 10.6 Å². The topological polar surface area (TPSA) is 84.7 Å². The third kappa shape index (κ3) is 2.76. The molecule has 3 heterocycles. The van der Waals surface area contributed by atoms with Crippen molar-refractivity contribution in [1.29, 1.82) is 0 Å². The van der Waals surface area contributed by atoms with E-state index in [9.17, 15) is 9.18 Å². The molecule has 4 aromatic rings. The molecule has 26 heavy (non-hydrogen) atoms. The Balaban J connectivity index is 1.67. The number of aromatic nitrogens is 4. The highest BCUT2D eigenvalue weighted by Crippen LogP contribution is 2.30. The summed E-state index contributed by atoms with van der Waals surface area (Å²) in [6.07, 6.45) is 1.69. The molecule has 0 aliphatic heterocycles. The van der Waals surface area contributed by atoms with E-state index >= 15 is 0 Å². The minimum Gasteiger partial charge on any atom is -0.371 e. The lowest BCUT2D eigenvalue weighted by Gasteiger charge is -2.03. The fourth-order valence-corrected chi connectivity index (χ4v) is 3.62. The minimum absolute atomic E-state index is 0.225. The molecule has 132 valence electrons. The first-order chi connectivity index (χ1) is 12.6. The Morgan fingerprint density at radius 1 is 1.31 bits per heavy atom. The Hall–Kier alpha value is -3.07. The molecule has 0 saturated heterocycles. The second-order valence-corrected chi connectivity index (χ2v) is 6.73. The predicted molar refractivity (Wildman–Crippen MR) is 98.8 cm³/mol. The van der Waals surface area contributed by atoms with Gasteiger partial charge in [-0.25, -0.2) is 19.3 Å². The number of anilines is 1. The van der Waals surface area contributed by atoms with Crippen LogP contribution in [0.5, 0.6) is 0 Å². The fourth-order valence-electron chi connectivity index (χ4n) is 2.76. The zero-order chi connectivity index (χ0) is 18.3. The van der Waals surface area contributed by atoms with Gasteiger partial charge in [0, 0.05) is 20.6 Å². The molecule has 4 rings (SSSR count). The highest BCUT2D eigenvalue weighted by Gasteiger charge is 2.19. The standard InChI is InChI=1S/C17H15FN6OS/c1-19-14-11-13(24(2)8-21-11)12-16(23-14)26-17(22-12)15(25)20-7-9-4-3-5-10(18)6-9/h3-6,8H,7H2,1-2H3,(H,19,23)(H,20,25). The number of rotatable bonds is 4. The third-order valence-corrected chi connectivity index (χ3v) is 4.93. The van der Waals surface area contributed by atoms with E-state index in [1.165, 1.54) is 23.5 Å². The van der Waals surface area contributed by atoms with Crippen LogP contribution in [0.1, 0.15) is 15.4 Å². The summed E-state index contributed by atoms with van der Waals surface area (Å²) >= 11 is 1.21. The zero-order valence-corrected chi connectivity index (χ0v) is 14.9. The van der Waals surface area contributed by atoms with Gasteiger partial charge in [-0.05, 0) is 17.7 Å². The lowest BCUT2D eigenvalue weighted by molar-refractivity contribution is 0.0950. The van der Waals surface area contributed by atoms with Crippen molar-refractivity contribution >= 4 is 44.4 Å². The number of carbonyl (C=O) groups excluding carboxylic acids is 1. The van der Waals surface area contributed by atoms with Gasteiger partial charge < -0.3 is 15.2 Å². The number of carbonyl (C=O) groups is 1. The largest absolute Gasteiger partial charge is 0.371 e. The number of halogens is 1. The van der Waals surface area contributed by atoms with E-state index in [4.69, 9.17) is 0 Å². The SMILES string of the molecule is CNc1nc2sc(C(=O)NCc3cccc(F)c3)nc2c2c1ncn2C. The quantitative estimate of drug-likeness (QED) is 0.577. The van der Waals surface area contributed by atoms with E-state index in [0.717, 1.165) is 5.52 Å². The fraction of sp³-hybridized carbons (Fsp3) is 0.176. The van der Waals surface area contributed by atoms with E-state index in [1.807, 2.05) is 11.6 Å². The monoisotopic (exact) mass is 370 g/mol. The van der Waals surface area contributed by atoms with Gasteiger partial charge in [-0.3, -0.25) is 4.79 Å². The summed E-state index contributed by atoms with van der Waals surface area (Å²) < 4.78 is 15.1. The van der Waals surface area contributed by atoms with Crippen LogP contribution in [0.3, 0.4) is 0 Å². The van der Waals surface area contributed by atoms with Crippen LogP contribution in [0.25, 0.3) is 21.4 Å². The molecule has 0 bridgehead atoms. The van der Waals surface area contributed by atoms with Gasteiger partial charge in [0.2, 0.25) is 0 Å². The van der Waals surface area contributed by atoms with E-state index in [1.54, 1.807) is 25.5 Å². The van der Waals surface area contributed by atoms with E-state index < -0.39 is 0 Å². The molecule has 0 fully saturated rings. The van der Waals surface area contributed by atoms with E-state index in [2.05, 4.69) is 25.6 Å². The second kappa shape index (κ2) is 6.34. The number of nitrogens with one attached hydrogen (secondary N) is 2. The molecule has 7 nitrogen and oxygen atoms in total. The first-order valence-corrected chi connectivity index (χ1v) is 8.70. The second-order valence-electron chi connectivity index (χ2n) is 5.75. The Morgan fingerprint density at radius 3 is 2.92 bits per heavy atom. The molecule has 2 N–H and O–H groups in total. The molecule has 0 aliphatic rings. The van der Waals surface area contributed by atoms with Gasteiger partial charge >= 0.3 is 0 Å². The van der Waals surface area contributed by atoms with Crippen LogP contribution in [0.15, 0.2) is 30.6 Å². The summed E-state index contributed by atoms with van der Waals surface area (Å²) in [4.78, 5) is 26.4. The zero-order valence-electron chi connectivity index (χ0n) is 14.1. The lowest BCUT2D eigenvalue weighted by Crippen LogP contribution is -2.22. The minimum atomic E-state index is -0.334. The number of hydrogen-bond acceptors (Lipinski definition) is 6. The maximum Gasteiger partial charge on any atom is 0.280 e. The molecule has 0 saturated carbocycles. The van der Waals surface area contributed by atoms with Crippen LogP contribution in [0.4, 0.5) is 10.2 Å². The van der Waals surface area contributed by atoms with E-state index in [-0.39, 0.29) is 18.3 Å². The number of hydrogen-bond donors (Lipinski definition) is 2. The number of imidazole rings is 1. The molecular formula is C17H15FN6OS. The Morgan fingerprint density at radius 2 is 2.15 bits per heavy atom. The van der Waals surface area contributed by atoms with Crippen molar-refractivity contribution < 1.29 is 9.18 Å². The average molecular weight is 370 g/mol. The number of amides is 1. The molecule has 9 heteroatoms. The molecule has 3 aromatic heterocycles. The Labute approximate surface area is 151 Å². The maximum absolute atomic E-state index is 13.2. The highest BCUT2D eigenvalue weighted by molar-refractivity contribution is 7.20. The first kappa shape index (κ1) is 16.4. The van der Waals surface area contributed by atoms with Gasteiger partial charge in [-0.15, -0.1) is 0 Å². The van der Waals surface area contributed by atoms with Gasteiger partial charge in [-0.1, -0.05) is 23.5 Å². The van der Waals surface area contributed by atoms with Crippen molar-refractivity contribution in [1.82, 2.24) is 24.8 Å². The van der Waals surface area contributed by atoms with Crippen molar-refractivity contribution in [3.05, 3.63) is 47.0 Å². The van der Waals surface area contributed by atoms with Gasteiger partial charge in [0.05, 0.1) is 6.33 Å². The molecule has 0 unspecified atom stereocenters. The van der Waals surface area contributed by atoms with Crippen molar-refractivity contribution in [2.24, 2.45) is 7.05 Å². The number of nitrogens with zero attached hydrogens (tertiary/aromatic N) is 4. The number of aryl methyl sites for hydroxylation is 1. The van der Waals surface area contributed by atoms with Gasteiger partial charge in [-0.2, -0.15) is 0 Å². The highest BCUT2D eigenvalue weighted by atomic mass is 32.1. The lowest BCUT2D eigenvalue weighted by atomic mass is 10.2. The molecule has 1 amide bonds. The number of fused-ring (bicyclic) bond motifs is 3. The van der Waals surface area contributed by atoms with Gasteiger partial charge in [0.15, 0.2) is 10.8 Å². The number of thiazole rings is 1. The summed E-state index contributed by atoms with van der Waals surface area (Å²) in [5.41, 5.74) is 2.85. The smallest absolute Gasteiger partial charge is 0.280 e. The summed E-state index contributed by atoms with van der Waals surface area (Å²) in [7, 11) is 3.65. The number of pyridine rings is 1. The van der Waals surface area contributed by atoms with E-state index in [0.29, 0.717) is 32.3 Å². The summed E-state index contributed by atoms with van der Waals surface area (Å²) in [5, 5.41) is 6.09. The van der Waals surface area contributed by atoms with Crippen LogP contribution in [-0.2, 0) is 13.6 Å². The Bertz CT molecular complexity index is 1140. The molecule has 0 spiro atoms.